The standard InChI is InChI=1S/C50H33NO/c1-3-11-34(12-4-1)36-21-27-41(28-22-36)51(47-20-10-16-37-15-7-8-18-43(37)47)42-29-23-38(24-30-42)44-19-9-17-39-25-32-46-45-31-26-40(35-13-5-2-6-14-35)33-48(45)52-50(46)49(39)44/h1-33H. The molecular weight excluding hydrogens is 631 g/mol. The molecule has 0 saturated carbocycles. The van der Waals surface area contributed by atoms with Crippen LogP contribution in [-0.4, -0.2) is 0 Å². The maximum Gasteiger partial charge on any atom is 0.143 e. The van der Waals surface area contributed by atoms with Crippen molar-refractivity contribution in [1.29, 1.82) is 0 Å². The van der Waals surface area contributed by atoms with Gasteiger partial charge in [-0.1, -0.05) is 152 Å². The predicted octanol–water partition coefficient (Wildman–Crippen LogP) is 14.4. The minimum atomic E-state index is 0.901. The van der Waals surface area contributed by atoms with Gasteiger partial charge in [-0.3, -0.25) is 0 Å². The number of rotatable bonds is 6. The van der Waals surface area contributed by atoms with Crippen molar-refractivity contribution in [2.24, 2.45) is 0 Å². The number of fused-ring (bicyclic) bond motifs is 6. The Kier molecular flexibility index (Phi) is 7.18. The van der Waals surface area contributed by atoms with Gasteiger partial charge in [-0.2, -0.15) is 0 Å². The lowest BCUT2D eigenvalue weighted by Crippen LogP contribution is -2.10. The Hall–Kier alpha value is -6.90. The highest BCUT2D eigenvalue weighted by Gasteiger charge is 2.18. The first kappa shape index (κ1) is 30.0. The van der Waals surface area contributed by atoms with E-state index in [4.69, 9.17) is 4.42 Å². The van der Waals surface area contributed by atoms with E-state index in [-0.39, 0.29) is 0 Å². The average Bonchev–Trinajstić information content (AvgIpc) is 3.60. The molecule has 2 heteroatoms. The number of hydrogen-bond acceptors (Lipinski definition) is 2. The minimum Gasteiger partial charge on any atom is -0.455 e. The summed E-state index contributed by atoms with van der Waals surface area (Å²) >= 11 is 0. The van der Waals surface area contributed by atoms with E-state index in [1.807, 2.05) is 6.07 Å². The fourth-order valence-corrected chi connectivity index (χ4v) is 7.71. The van der Waals surface area contributed by atoms with E-state index in [2.05, 4.69) is 199 Å². The third-order valence-corrected chi connectivity index (χ3v) is 10.3. The molecule has 0 N–H and O–H groups in total. The molecule has 0 saturated heterocycles. The first-order chi connectivity index (χ1) is 25.8. The van der Waals surface area contributed by atoms with E-state index in [9.17, 15) is 0 Å². The van der Waals surface area contributed by atoms with Crippen LogP contribution in [0.15, 0.2) is 205 Å². The van der Waals surface area contributed by atoms with Crippen molar-refractivity contribution >= 4 is 60.5 Å². The summed E-state index contributed by atoms with van der Waals surface area (Å²) in [5.74, 6) is 0. The fraction of sp³-hybridized carbons (Fsp3) is 0. The summed E-state index contributed by atoms with van der Waals surface area (Å²) in [6.45, 7) is 0. The second-order valence-electron chi connectivity index (χ2n) is 13.3. The van der Waals surface area contributed by atoms with Crippen LogP contribution in [0.25, 0.3) is 76.9 Å². The predicted molar refractivity (Wildman–Crippen MR) is 220 cm³/mol. The van der Waals surface area contributed by atoms with Gasteiger partial charge in [0.15, 0.2) is 0 Å². The number of hydrogen-bond donors (Lipinski definition) is 0. The van der Waals surface area contributed by atoms with E-state index in [1.54, 1.807) is 0 Å². The smallest absolute Gasteiger partial charge is 0.143 e. The number of anilines is 3. The zero-order valence-corrected chi connectivity index (χ0v) is 28.4. The third-order valence-electron chi connectivity index (χ3n) is 10.3. The summed E-state index contributed by atoms with van der Waals surface area (Å²) in [5.41, 5.74) is 12.2. The summed E-state index contributed by atoms with van der Waals surface area (Å²) in [4.78, 5) is 2.37. The Morgan fingerprint density at radius 2 is 0.904 bits per heavy atom. The first-order valence-corrected chi connectivity index (χ1v) is 17.8. The Morgan fingerprint density at radius 1 is 0.346 bits per heavy atom. The van der Waals surface area contributed by atoms with Crippen LogP contribution in [0, 0.1) is 0 Å². The fourth-order valence-electron chi connectivity index (χ4n) is 7.71. The van der Waals surface area contributed by atoms with Crippen molar-refractivity contribution in [3.63, 3.8) is 0 Å². The van der Waals surface area contributed by atoms with Crippen molar-refractivity contribution in [2.45, 2.75) is 0 Å². The van der Waals surface area contributed by atoms with Gasteiger partial charge in [0, 0.05) is 32.9 Å². The van der Waals surface area contributed by atoms with Gasteiger partial charge in [-0.25, -0.2) is 0 Å². The molecule has 244 valence electrons. The summed E-state index contributed by atoms with van der Waals surface area (Å²) in [5, 5.41) is 6.97. The van der Waals surface area contributed by atoms with Crippen molar-refractivity contribution in [3.05, 3.63) is 200 Å². The van der Waals surface area contributed by atoms with Gasteiger partial charge in [0.25, 0.3) is 0 Å². The molecule has 0 spiro atoms. The molecule has 52 heavy (non-hydrogen) atoms. The van der Waals surface area contributed by atoms with E-state index in [0.717, 1.165) is 66.5 Å². The zero-order chi connectivity index (χ0) is 34.4. The highest BCUT2D eigenvalue weighted by atomic mass is 16.3. The van der Waals surface area contributed by atoms with Crippen LogP contribution < -0.4 is 4.90 Å². The molecule has 0 aliphatic carbocycles. The highest BCUT2D eigenvalue weighted by Crippen LogP contribution is 2.43. The van der Waals surface area contributed by atoms with Crippen LogP contribution in [0.2, 0.25) is 0 Å². The molecule has 0 aliphatic heterocycles. The van der Waals surface area contributed by atoms with Gasteiger partial charge < -0.3 is 9.32 Å². The molecule has 0 amide bonds. The van der Waals surface area contributed by atoms with Gasteiger partial charge in [0.05, 0.1) is 5.69 Å². The SMILES string of the molecule is c1ccc(-c2ccc(N(c3ccc(-c4cccc5ccc6c7ccc(-c8ccccc8)cc7oc6c45)cc3)c3cccc4ccccc34)cc2)cc1. The normalized spacial score (nSPS) is 11.5. The van der Waals surface area contributed by atoms with Crippen molar-refractivity contribution in [1.82, 2.24) is 0 Å². The second kappa shape index (κ2) is 12.5. The maximum absolute atomic E-state index is 6.74. The summed E-state index contributed by atoms with van der Waals surface area (Å²) < 4.78 is 6.74. The quantitative estimate of drug-likeness (QED) is 0.176. The van der Waals surface area contributed by atoms with Gasteiger partial charge in [0.2, 0.25) is 0 Å². The molecule has 10 aromatic rings. The van der Waals surface area contributed by atoms with Crippen LogP contribution in [0.5, 0.6) is 0 Å². The molecule has 9 aromatic carbocycles. The topological polar surface area (TPSA) is 16.4 Å². The molecule has 10 rings (SSSR count). The number of furan rings is 1. The first-order valence-electron chi connectivity index (χ1n) is 17.8. The average molecular weight is 664 g/mol. The number of nitrogens with zero attached hydrogens (tertiary/aromatic N) is 1. The molecular formula is C50H33NO. The van der Waals surface area contributed by atoms with E-state index in [0.29, 0.717) is 0 Å². The lowest BCUT2D eigenvalue weighted by Gasteiger charge is -2.27. The molecule has 0 atom stereocenters. The van der Waals surface area contributed by atoms with Crippen molar-refractivity contribution in [3.8, 4) is 33.4 Å². The van der Waals surface area contributed by atoms with E-state index >= 15 is 0 Å². The lowest BCUT2D eigenvalue weighted by atomic mass is 9.96. The Labute approximate surface area is 302 Å². The van der Waals surface area contributed by atoms with Crippen LogP contribution in [0.3, 0.4) is 0 Å². The molecule has 2 nitrogen and oxygen atoms in total. The molecule has 0 fully saturated rings. The van der Waals surface area contributed by atoms with Crippen LogP contribution >= 0.6 is 0 Å². The highest BCUT2D eigenvalue weighted by molar-refractivity contribution is 6.19. The molecule has 0 radical (unpaired) electrons. The van der Waals surface area contributed by atoms with Crippen molar-refractivity contribution < 1.29 is 4.42 Å². The van der Waals surface area contributed by atoms with E-state index < -0.39 is 0 Å². The van der Waals surface area contributed by atoms with Crippen LogP contribution in [-0.2, 0) is 0 Å². The second-order valence-corrected chi connectivity index (χ2v) is 13.3. The molecule has 0 aliphatic rings. The Bertz CT molecular complexity index is 2870. The Morgan fingerprint density at radius 3 is 1.65 bits per heavy atom. The molecule has 1 heterocycles. The third kappa shape index (κ3) is 5.12. The monoisotopic (exact) mass is 663 g/mol. The zero-order valence-electron chi connectivity index (χ0n) is 28.4. The Balaban J connectivity index is 1.09. The van der Waals surface area contributed by atoms with Gasteiger partial charge in [0.1, 0.15) is 11.2 Å². The van der Waals surface area contributed by atoms with Gasteiger partial charge in [-0.15, -0.1) is 0 Å². The van der Waals surface area contributed by atoms with E-state index in [1.165, 1.54) is 27.5 Å². The van der Waals surface area contributed by atoms with Crippen molar-refractivity contribution in [2.75, 3.05) is 4.90 Å². The van der Waals surface area contributed by atoms with Gasteiger partial charge >= 0.3 is 0 Å². The maximum atomic E-state index is 6.74. The number of benzene rings is 9. The largest absolute Gasteiger partial charge is 0.455 e. The van der Waals surface area contributed by atoms with Gasteiger partial charge in [-0.05, 0) is 92.7 Å². The van der Waals surface area contributed by atoms with Crippen LogP contribution in [0.4, 0.5) is 17.1 Å². The molecule has 1 aromatic heterocycles. The molecule has 0 unspecified atom stereocenters. The minimum absolute atomic E-state index is 0.901. The summed E-state index contributed by atoms with van der Waals surface area (Å²) in [6, 6.07) is 71.6. The summed E-state index contributed by atoms with van der Waals surface area (Å²) in [6.07, 6.45) is 0. The van der Waals surface area contributed by atoms with Crippen LogP contribution in [0.1, 0.15) is 0 Å². The molecule has 0 bridgehead atoms. The lowest BCUT2D eigenvalue weighted by molar-refractivity contribution is 0.673. The summed E-state index contributed by atoms with van der Waals surface area (Å²) in [7, 11) is 0.